The second-order valence-electron chi connectivity index (χ2n) is 12.9. The van der Waals surface area contributed by atoms with Crippen molar-refractivity contribution in [2.75, 3.05) is 66.6 Å². The lowest BCUT2D eigenvalue weighted by Gasteiger charge is -2.37. The Hall–Kier alpha value is -2.20. The number of carbonyl (C=O) groups is 2. The van der Waals surface area contributed by atoms with Gasteiger partial charge in [0.15, 0.2) is 6.29 Å². The number of hydrogen-bond donors (Lipinski definition) is 1. The Morgan fingerprint density at radius 3 is 2.44 bits per heavy atom. The topological polar surface area (TPSA) is 91.8 Å². The van der Waals surface area contributed by atoms with Gasteiger partial charge in [-0.25, -0.2) is 0 Å². The average molecular weight is 574 g/mol. The van der Waals surface area contributed by atoms with Gasteiger partial charge in [-0.3, -0.25) is 14.5 Å². The standard InChI is InChI=1S/C32H51N3O6/c1-6-7-14-34(15-9-8-13-33(4)5)28(36)22-35-21-25(23-10-11-27-24(19-23)12-16-39-27)29(30(37)38)26(35)20-32(2,3)31-40-17-18-41-31/h10-11,19,25-26,29,31H,6-9,12-18,20-22H2,1-5H3,(H,37,38)/t25-,26+,29?/m1/s1. The molecule has 0 aliphatic carbocycles. The zero-order valence-corrected chi connectivity index (χ0v) is 25.8. The lowest BCUT2D eigenvalue weighted by molar-refractivity contribution is -0.148. The summed E-state index contributed by atoms with van der Waals surface area (Å²) in [5.74, 6) is -0.705. The van der Waals surface area contributed by atoms with Gasteiger partial charge in [-0.2, -0.15) is 0 Å². The first kappa shape index (κ1) is 31.7. The molecule has 0 spiro atoms. The summed E-state index contributed by atoms with van der Waals surface area (Å²) in [6, 6.07) is 5.79. The summed E-state index contributed by atoms with van der Waals surface area (Å²) in [7, 11) is 4.14. The van der Waals surface area contributed by atoms with Gasteiger partial charge in [-0.15, -0.1) is 0 Å². The molecule has 1 aromatic rings. The van der Waals surface area contributed by atoms with Gasteiger partial charge in [0.25, 0.3) is 0 Å². The number of benzene rings is 1. The van der Waals surface area contributed by atoms with Gasteiger partial charge < -0.3 is 29.1 Å². The smallest absolute Gasteiger partial charge is 0.308 e. The number of rotatable bonds is 15. The molecule has 230 valence electrons. The molecule has 1 unspecified atom stereocenters. The number of carbonyl (C=O) groups excluding carboxylic acids is 1. The highest BCUT2D eigenvalue weighted by Gasteiger charge is 2.50. The highest BCUT2D eigenvalue weighted by molar-refractivity contribution is 5.79. The van der Waals surface area contributed by atoms with E-state index in [9.17, 15) is 14.7 Å². The summed E-state index contributed by atoms with van der Waals surface area (Å²) in [6.45, 7) is 11.3. The van der Waals surface area contributed by atoms with Crippen LogP contribution in [0.25, 0.3) is 0 Å². The fourth-order valence-corrected chi connectivity index (χ4v) is 6.68. The maximum absolute atomic E-state index is 13.8. The molecule has 3 heterocycles. The van der Waals surface area contributed by atoms with E-state index in [1.54, 1.807) is 0 Å². The van der Waals surface area contributed by atoms with Crippen molar-refractivity contribution in [1.82, 2.24) is 14.7 Å². The van der Waals surface area contributed by atoms with Crippen molar-refractivity contribution < 1.29 is 28.9 Å². The van der Waals surface area contributed by atoms with Crippen LogP contribution in [0.1, 0.15) is 69.9 Å². The van der Waals surface area contributed by atoms with Crippen LogP contribution in [-0.2, 0) is 25.5 Å². The average Bonchev–Trinajstić information content (AvgIpc) is 3.68. The summed E-state index contributed by atoms with van der Waals surface area (Å²) < 4.78 is 17.5. The van der Waals surface area contributed by atoms with Crippen LogP contribution in [0.2, 0.25) is 0 Å². The summed E-state index contributed by atoms with van der Waals surface area (Å²) in [5, 5.41) is 10.6. The fourth-order valence-electron chi connectivity index (χ4n) is 6.68. The Balaban J connectivity index is 1.58. The Kier molecular flexibility index (Phi) is 11.1. The maximum Gasteiger partial charge on any atom is 0.308 e. The van der Waals surface area contributed by atoms with Gasteiger partial charge >= 0.3 is 5.97 Å². The van der Waals surface area contributed by atoms with Crippen LogP contribution >= 0.6 is 0 Å². The van der Waals surface area contributed by atoms with Crippen LogP contribution in [0, 0.1) is 11.3 Å². The van der Waals surface area contributed by atoms with Gasteiger partial charge in [-0.05, 0) is 63.5 Å². The molecule has 3 aliphatic rings. The van der Waals surface area contributed by atoms with Crippen LogP contribution in [0.3, 0.4) is 0 Å². The molecule has 9 heteroatoms. The minimum Gasteiger partial charge on any atom is -0.493 e. The van der Waals surface area contributed by atoms with Crippen molar-refractivity contribution in [3.8, 4) is 5.75 Å². The van der Waals surface area contributed by atoms with Gasteiger partial charge in [0, 0.05) is 43.4 Å². The quantitative estimate of drug-likeness (QED) is 0.317. The predicted molar refractivity (Wildman–Crippen MR) is 158 cm³/mol. The monoisotopic (exact) mass is 573 g/mol. The highest BCUT2D eigenvalue weighted by Crippen LogP contribution is 2.45. The number of aliphatic carboxylic acids is 1. The molecular formula is C32H51N3O6. The van der Waals surface area contributed by atoms with Crippen molar-refractivity contribution in [3.63, 3.8) is 0 Å². The van der Waals surface area contributed by atoms with E-state index < -0.39 is 17.3 Å². The highest BCUT2D eigenvalue weighted by atomic mass is 16.7. The van der Waals surface area contributed by atoms with E-state index in [4.69, 9.17) is 14.2 Å². The summed E-state index contributed by atoms with van der Waals surface area (Å²) in [4.78, 5) is 33.1. The Morgan fingerprint density at radius 1 is 1.05 bits per heavy atom. The molecule has 4 rings (SSSR count). The van der Waals surface area contributed by atoms with E-state index in [0.29, 0.717) is 32.8 Å². The van der Waals surface area contributed by atoms with Crippen molar-refractivity contribution in [3.05, 3.63) is 29.3 Å². The number of carboxylic acid groups (broad SMARTS) is 1. The molecule has 9 nitrogen and oxygen atoms in total. The summed E-state index contributed by atoms with van der Waals surface area (Å²) >= 11 is 0. The number of amides is 1. The Morgan fingerprint density at radius 2 is 1.76 bits per heavy atom. The van der Waals surface area contributed by atoms with E-state index >= 15 is 0 Å². The van der Waals surface area contributed by atoms with Crippen LogP contribution in [0.5, 0.6) is 5.75 Å². The molecule has 3 atom stereocenters. The molecular weight excluding hydrogens is 522 g/mol. The number of ether oxygens (including phenoxy) is 3. The Labute approximate surface area is 246 Å². The molecule has 41 heavy (non-hydrogen) atoms. The first-order chi connectivity index (χ1) is 19.6. The number of fused-ring (bicyclic) bond motifs is 1. The SMILES string of the molecule is CCCCN(CCCCN(C)C)C(=O)CN1C[C@H](c2ccc3c(c2)CCO3)C(C(=O)O)[C@@H]1CC(C)(C)C1OCCO1. The van der Waals surface area contributed by atoms with Crippen molar-refractivity contribution in [2.24, 2.45) is 11.3 Å². The zero-order chi connectivity index (χ0) is 29.6. The van der Waals surface area contributed by atoms with E-state index in [0.717, 1.165) is 68.6 Å². The molecule has 1 N–H and O–H groups in total. The van der Waals surface area contributed by atoms with Gasteiger partial charge in [0.05, 0.1) is 32.3 Å². The van der Waals surface area contributed by atoms with Gasteiger partial charge in [0.1, 0.15) is 5.75 Å². The number of carboxylic acids is 1. The lowest BCUT2D eigenvalue weighted by atomic mass is 9.77. The number of nitrogens with zero attached hydrogens (tertiary/aromatic N) is 3. The molecule has 0 saturated carbocycles. The molecule has 1 aromatic carbocycles. The third-order valence-corrected chi connectivity index (χ3v) is 8.93. The van der Waals surface area contributed by atoms with E-state index in [2.05, 4.69) is 50.7 Å². The zero-order valence-electron chi connectivity index (χ0n) is 25.8. The first-order valence-corrected chi connectivity index (χ1v) is 15.5. The molecule has 2 fully saturated rings. The van der Waals surface area contributed by atoms with Crippen molar-refractivity contribution in [2.45, 2.75) is 77.5 Å². The van der Waals surface area contributed by atoms with Crippen LogP contribution in [-0.4, -0.2) is 111 Å². The Bertz CT molecular complexity index is 1020. The largest absolute Gasteiger partial charge is 0.493 e. The van der Waals surface area contributed by atoms with Crippen LogP contribution in [0.15, 0.2) is 18.2 Å². The number of likely N-dealkylation sites (tertiary alicyclic amines) is 1. The second-order valence-corrected chi connectivity index (χ2v) is 12.9. The van der Waals surface area contributed by atoms with E-state index in [1.165, 1.54) is 0 Å². The molecule has 0 bridgehead atoms. The third kappa shape index (κ3) is 8.00. The minimum atomic E-state index is -0.817. The summed E-state index contributed by atoms with van der Waals surface area (Å²) in [5.41, 5.74) is 1.74. The van der Waals surface area contributed by atoms with Gasteiger partial charge in [-0.1, -0.05) is 39.3 Å². The fraction of sp³-hybridized carbons (Fsp3) is 0.750. The molecule has 0 radical (unpaired) electrons. The van der Waals surface area contributed by atoms with Gasteiger partial charge in [0.2, 0.25) is 5.91 Å². The maximum atomic E-state index is 13.8. The minimum absolute atomic E-state index is 0.0895. The molecule has 3 aliphatic heterocycles. The normalized spacial score (nSPS) is 23.2. The van der Waals surface area contributed by atoms with E-state index in [1.807, 2.05) is 17.0 Å². The third-order valence-electron chi connectivity index (χ3n) is 8.93. The first-order valence-electron chi connectivity index (χ1n) is 15.5. The summed E-state index contributed by atoms with van der Waals surface area (Å²) in [6.07, 6.45) is 4.99. The number of unbranched alkanes of at least 4 members (excludes halogenated alkanes) is 2. The van der Waals surface area contributed by atoms with Crippen molar-refractivity contribution in [1.29, 1.82) is 0 Å². The van der Waals surface area contributed by atoms with E-state index in [-0.39, 0.29) is 30.7 Å². The van der Waals surface area contributed by atoms with Crippen LogP contribution < -0.4 is 4.74 Å². The van der Waals surface area contributed by atoms with Crippen molar-refractivity contribution >= 4 is 11.9 Å². The number of hydrogen-bond acceptors (Lipinski definition) is 7. The molecule has 2 saturated heterocycles. The molecule has 1 amide bonds. The second kappa shape index (κ2) is 14.3. The predicted octanol–water partition coefficient (Wildman–Crippen LogP) is 3.85. The molecule has 0 aromatic heterocycles. The van der Waals surface area contributed by atoms with Crippen LogP contribution in [0.4, 0.5) is 0 Å². The lowest BCUT2D eigenvalue weighted by Crippen LogP contribution is -2.47.